The molecule has 1 aromatic heterocycles. The number of benzene rings is 1. The van der Waals surface area contributed by atoms with Gasteiger partial charge in [0, 0.05) is 22.3 Å². The van der Waals surface area contributed by atoms with Crippen LogP contribution in [-0.4, -0.2) is 17.8 Å². The fourth-order valence-electron chi connectivity index (χ4n) is 2.83. The van der Waals surface area contributed by atoms with Gasteiger partial charge in [0.05, 0.1) is 6.61 Å². The highest BCUT2D eigenvalue weighted by atomic mass is 32.2. The zero-order chi connectivity index (χ0) is 14.8. The Balaban J connectivity index is 1.83. The molecule has 1 heterocycles. The van der Waals surface area contributed by atoms with Gasteiger partial charge in [-0.1, -0.05) is 0 Å². The van der Waals surface area contributed by atoms with E-state index in [0.717, 1.165) is 29.1 Å². The van der Waals surface area contributed by atoms with Gasteiger partial charge in [-0.2, -0.15) is 0 Å². The average Bonchev–Trinajstić information content (AvgIpc) is 2.85. The summed E-state index contributed by atoms with van der Waals surface area (Å²) in [6.07, 6.45) is 4.63. The number of furan rings is 1. The summed E-state index contributed by atoms with van der Waals surface area (Å²) in [6.45, 7) is 4.13. The molecule has 112 valence electrons. The maximum atomic E-state index is 11.7. The Morgan fingerprint density at radius 2 is 2.19 bits per heavy atom. The first-order valence-electron chi connectivity index (χ1n) is 7.56. The molecule has 3 nitrogen and oxygen atoms in total. The van der Waals surface area contributed by atoms with E-state index in [1.807, 2.05) is 19.9 Å². The van der Waals surface area contributed by atoms with Crippen molar-refractivity contribution in [3.63, 3.8) is 0 Å². The lowest BCUT2D eigenvalue weighted by Gasteiger charge is -2.10. The predicted molar refractivity (Wildman–Crippen MR) is 84.8 cm³/mol. The molecule has 1 aromatic carbocycles. The third-order valence-electron chi connectivity index (χ3n) is 3.86. The van der Waals surface area contributed by atoms with Gasteiger partial charge in [-0.25, -0.2) is 0 Å². The summed E-state index contributed by atoms with van der Waals surface area (Å²) in [7, 11) is 0. The molecular formula is C17H20O3S. The number of esters is 1. The van der Waals surface area contributed by atoms with E-state index in [-0.39, 0.29) is 11.2 Å². The molecule has 0 saturated carbocycles. The number of carbonyl (C=O) groups excluding carboxylic acids is 1. The number of fused-ring (bicyclic) bond motifs is 3. The van der Waals surface area contributed by atoms with Crippen LogP contribution in [0.4, 0.5) is 0 Å². The highest BCUT2D eigenvalue weighted by molar-refractivity contribution is 8.00. The minimum atomic E-state index is -0.202. The number of hydrogen-bond acceptors (Lipinski definition) is 4. The minimum absolute atomic E-state index is 0.165. The van der Waals surface area contributed by atoms with E-state index in [1.165, 1.54) is 35.6 Å². The van der Waals surface area contributed by atoms with Crippen molar-refractivity contribution in [2.75, 3.05) is 6.61 Å². The van der Waals surface area contributed by atoms with Crippen LogP contribution in [0.5, 0.6) is 0 Å². The number of hydrogen-bond donors (Lipinski definition) is 0. The number of rotatable bonds is 4. The van der Waals surface area contributed by atoms with Crippen LogP contribution in [0.2, 0.25) is 0 Å². The Morgan fingerprint density at radius 3 is 3.00 bits per heavy atom. The first-order valence-corrected chi connectivity index (χ1v) is 8.44. The summed E-state index contributed by atoms with van der Waals surface area (Å²) < 4.78 is 11.0. The van der Waals surface area contributed by atoms with Crippen molar-refractivity contribution in [2.24, 2.45) is 0 Å². The van der Waals surface area contributed by atoms with E-state index in [1.54, 1.807) is 0 Å². The van der Waals surface area contributed by atoms with Gasteiger partial charge in [0.15, 0.2) is 0 Å². The third kappa shape index (κ3) is 2.95. The molecule has 1 aliphatic carbocycles. The van der Waals surface area contributed by atoms with Gasteiger partial charge in [0.25, 0.3) is 0 Å². The SMILES string of the molecule is CCOC(=O)C(C)Sc1ccc2c3c(oc2c1)CCCC3. The Labute approximate surface area is 129 Å². The van der Waals surface area contributed by atoms with Crippen LogP contribution < -0.4 is 0 Å². The summed E-state index contributed by atoms with van der Waals surface area (Å²) in [5.74, 6) is 0.984. The molecule has 4 heteroatoms. The second-order valence-electron chi connectivity index (χ2n) is 5.38. The van der Waals surface area contributed by atoms with Crippen LogP contribution in [0.3, 0.4) is 0 Å². The third-order valence-corrected chi connectivity index (χ3v) is 4.93. The lowest BCUT2D eigenvalue weighted by Crippen LogP contribution is -2.16. The molecular weight excluding hydrogens is 284 g/mol. The maximum absolute atomic E-state index is 11.7. The molecule has 1 unspecified atom stereocenters. The van der Waals surface area contributed by atoms with Gasteiger partial charge >= 0.3 is 5.97 Å². The summed E-state index contributed by atoms with van der Waals surface area (Å²) in [5.41, 5.74) is 2.33. The van der Waals surface area contributed by atoms with E-state index in [9.17, 15) is 4.79 Å². The predicted octanol–water partition coefficient (Wildman–Crippen LogP) is 4.36. The van der Waals surface area contributed by atoms with Crippen LogP contribution in [0, 0.1) is 0 Å². The summed E-state index contributed by atoms with van der Waals surface area (Å²) in [5, 5.41) is 1.03. The number of carbonyl (C=O) groups is 1. The smallest absolute Gasteiger partial charge is 0.319 e. The van der Waals surface area contributed by atoms with E-state index < -0.39 is 0 Å². The highest BCUT2D eigenvalue weighted by Gasteiger charge is 2.19. The fourth-order valence-corrected chi connectivity index (χ4v) is 3.72. The first-order chi connectivity index (χ1) is 10.2. The van der Waals surface area contributed by atoms with Gasteiger partial charge in [-0.05, 0) is 51.3 Å². The topological polar surface area (TPSA) is 39.4 Å². The number of ether oxygens (including phenoxy) is 1. The van der Waals surface area contributed by atoms with Gasteiger partial charge < -0.3 is 9.15 Å². The van der Waals surface area contributed by atoms with Crippen LogP contribution >= 0.6 is 11.8 Å². The van der Waals surface area contributed by atoms with E-state index in [2.05, 4.69) is 12.1 Å². The fraction of sp³-hybridized carbons (Fsp3) is 0.471. The summed E-state index contributed by atoms with van der Waals surface area (Å²) in [4.78, 5) is 12.8. The zero-order valence-electron chi connectivity index (χ0n) is 12.5. The molecule has 1 aliphatic rings. The van der Waals surface area contributed by atoms with Crippen molar-refractivity contribution in [1.82, 2.24) is 0 Å². The van der Waals surface area contributed by atoms with Crippen molar-refractivity contribution in [3.8, 4) is 0 Å². The average molecular weight is 304 g/mol. The van der Waals surface area contributed by atoms with Gasteiger partial charge in [-0.15, -0.1) is 11.8 Å². The van der Waals surface area contributed by atoms with Crippen molar-refractivity contribution in [1.29, 1.82) is 0 Å². The Bertz CT molecular complexity index is 659. The molecule has 0 fully saturated rings. The summed E-state index contributed by atoms with van der Waals surface area (Å²) in [6, 6.07) is 6.25. The Kier molecular flexibility index (Phi) is 4.24. The van der Waals surface area contributed by atoms with Crippen molar-refractivity contribution >= 4 is 28.7 Å². The van der Waals surface area contributed by atoms with Crippen LogP contribution in [0.15, 0.2) is 27.5 Å². The molecule has 1 atom stereocenters. The lowest BCUT2D eigenvalue weighted by molar-refractivity contribution is -0.142. The molecule has 2 aromatic rings. The van der Waals surface area contributed by atoms with E-state index in [0.29, 0.717) is 6.61 Å². The molecule has 21 heavy (non-hydrogen) atoms. The monoisotopic (exact) mass is 304 g/mol. The van der Waals surface area contributed by atoms with Crippen LogP contribution in [0.25, 0.3) is 11.0 Å². The van der Waals surface area contributed by atoms with E-state index >= 15 is 0 Å². The molecule has 0 N–H and O–H groups in total. The molecule has 0 spiro atoms. The molecule has 0 saturated heterocycles. The van der Waals surface area contributed by atoms with Crippen molar-refractivity contribution in [2.45, 2.75) is 49.7 Å². The molecule has 0 radical (unpaired) electrons. The first kappa shape index (κ1) is 14.5. The number of thioether (sulfide) groups is 1. The van der Waals surface area contributed by atoms with Gasteiger partial charge in [0.2, 0.25) is 0 Å². The second kappa shape index (κ2) is 6.14. The number of aryl methyl sites for hydroxylation is 2. The summed E-state index contributed by atoms with van der Waals surface area (Å²) >= 11 is 1.52. The quantitative estimate of drug-likeness (QED) is 0.621. The van der Waals surface area contributed by atoms with Crippen LogP contribution in [0.1, 0.15) is 38.0 Å². The largest absolute Gasteiger partial charge is 0.465 e. The molecule has 0 aliphatic heterocycles. The molecule has 0 amide bonds. The van der Waals surface area contributed by atoms with Crippen LogP contribution in [-0.2, 0) is 22.4 Å². The van der Waals surface area contributed by atoms with Crippen molar-refractivity contribution in [3.05, 3.63) is 29.5 Å². The van der Waals surface area contributed by atoms with Gasteiger partial charge in [-0.3, -0.25) is 4.79 Å². The Morgan fingerprint density at radius 1 is 1.38 bits per heavy atom. The van der Waals surface area contributed by atoms with Crippen molar-refractivity contribution < 1.29 is 13.9 Å². The maximum Gasteiger partial charge on any atom is 0.319 e. The zero-order valence-corrected chi connectivity index (χ0v) is 13.3. The standard InChI is InChI=1S/C17H20O3S/c1-3-19-17(18)11(2)21-12-8-9-14-13-6-4-5-7-15(13)20-16(14)10-12/h8-11H,3-7H2,1-2H3. The normalized spacial score (nSPS) is 15.7. The molecule has 0 bridgehead atoms. The second-order valence-corrected chi connectivity index (χ2v) is 6.80. The highest BCUT2D eigenvalue weighted by Crippen LogP contribution is 2.35. The minimum Gasteiger partial charge on any atom is -0.465 e. The van der Waals surface area contributed by atoms with E-state index in [4.69, 9.17) is 9.15 Å². The van der Waals surface area contributed by atoms with Gasteiger partial charge in [0.1, 0.15) is 16.6 Å². The lowest BCUT2D eigenvalue weighted by atomic mass is 9.96. The molecule has 3 rings (SSSR count). The Hall–Kier alpha value is -1.42.